The van der Waals surface area contributed by atoms with E-state index in [1.807, 2.05) is 0 Å². The second kappa shape index (κ2) is 7.24. The Balaban J connectivity index is 1.82. The molecule has 0 aromatic heterocycles. The highest BCUT2D eigenvalue weighted by Gasteiger charge is 2.31. The van der Waals surface area contributed by atoms with E-state index < -0.39 is 0 Å². The van der Waals surface area contributed by atoms with Crippen molar-refractivity contribution in [3.63, 3.8) is 0 Å². The number of hydrogen-bond donors (Lipinski definition) is 1. The van der Waals surface area contributed by atoms with E-state index in [1.165, 1.54) is 36.0 Å². The molecule has 0 amide bonds. The predicted molar refractivity (Wildman–Crippen MR) is 85.2 cm³/mol. The van der Waals surface area contributed by atoms with Gasteiger partial charge in [0.05, 0.1) is 6.10 Å². The van der Waals surface area contributed by atoms with E-state index in [0.717, 1.165) is 18.9 Å². The monoisotopic (exact) mass is 275 g/mol. The van der Waals surface area contributed by atoms with Crippen LogP contribution in [0.15, 0.2) is 18.2 Å². The molecule has 2 nitrogen and oxygen atoms in total. The molecule has 0 heterocycles. The SMILES string of the molecule is CCOC1CC(CC(Cc2ccc(C)c(C)c2)NC)C1. The van der Waals surface area contributed by atoms with Gasteiger partial charge in [-0.15, -0.1) is 0 Å². The zero-order valence-electron chi connectivity index (χ0n) is 13.4. The van der Waals surface area contributed by atoms with Crippen LogP contribution in [0, 0.1) is 19.8 Å². The van der Waals surface area contributed by atoms with Crippen molar-refractivity contribution in [1.82, 2.24) is 5.32 Å². The van der Waals surface area contributed by atoms with E-state index in [2.05, 4.69) is 51.3 Å². The summed E-state index contributed by atoms with van der Waals surface area (Å²) in [5.74, 6) is 0.843. The van der Waals surface area contributed by atoms with Gasteiger partial charge in [-0.25, -0.2) is 0 Å². The molecule has 1 N–H and O–H groups in total. The van der Waals surface area contributed by atoms with Crippen molar-refractivity contribution in [1.29, 1.82) is 0 Å². The zero-order chi connectivity index (χ0) is 14.5. The summed E-state index contributed by atoms with van der Waals surface area (Å²) >= 11 is 0. The van der Waals surface area contributed by atoms with Crippen LogP contribution < -0.4 is 5.32 Å². The highest BCUT2D eigenvalue weighted by atomic mass is 16.5. The number of hydrogen-bond acceptors (Lipinski definition) is 2. The molecule has 2 heteroatoms. The number of nitrogens with one attached hydrogen (secondary N) is 1. The summed E-state index contributed by atoms with van der Waals surface area (Å²) in [6.45, 7) is 7.32. The largest absolute Gasteiger partial charge is 0.378 e. The summed E-state index contributed by atoms with van der Waals surface area (Å²) < 4.78 is 5.65. The molecular weight excluding hydrogens is 246 g/mol. The van der Waals surface area contributed by atoms with E-state index in [1.54, 1.807) is 0 Å². The van der Waals surface area contributed by atoms with Crippen molar-refractivity contribution in [2.45, 2.75) is 58.6 Å². The Hall–Kier alpha value is -0.860. The molecule has 112 valence electrons. The summed E-state index contributed by atoms with van der Waals surface area (Å²) in [4.78, 5) is 0. The lowest BCUT2D eigenvalue weighted by molar-refractivity contribution is -0.0288. The second-order valence-corrected chi connectivity index (χ2v) is 6.26. The standard InChI is InChI=1S/C18H29NO/c1-5-20-18-11-16(12-18)10-17(19-4)9-15-7-6-13(2)14(3)8-15/h6-8,16-19H,5,9-12H2,1-4H3. The van der Waals surface area contributed by atoms with Gasteiger partial charge >= 0.3 is 0 Å². The fourth-order valence-corrected chi connectivity index (χ4v) is 3.16. The third kappa shape index (κ3) is 4.07. The summed E-state index contributed by atoms with van der Waals surface area (Å²) in [6, 6.07) is 7.44. The molecule has 1 aliphatic carbocycles. The number of ether oxygens (including phenoxy) is 1. The van der Waals surface area contributed by atoms with Crippen molar-refractivity contribution < 1.29 is 4.74 Å². The van der Waals surface area contributed by atoms with Gasteiger partial charge in [0.1, 0.15) is 0 Å². The predicted octanol–water partition coefficient (Wildman–Crippen LogP) is 3.64. The Morgan fingerprint density at radius 3 is 2.60 bits per heavy atom. The van der Waals surface area contributed by atoms with Gasteiger partial charge in [0, 0.05) is 12.6 Å². The van der Waals surface area contributed by atoms with E-state index in [-0.39, 0.29) is 0 Å². The normalized spacial score (nSPS) is 23.4. The van der Waals surface area contributed by atoms with Crippen molar-refractivity contribution in [2.24, 2.45) is 5.92 Å². The molecule has 0 bridgehead atoms. The zero-order valence-corrected chi connectivity index (χ0v) is 13.4. The molecule has 0 aliphatic heterocycles. The fourth-order valence-electron chi connectivity index (χ4n) is 3.16. The molecule has 0 saturated heterocycles. The van der Waals surface area contributed by atoms with Gasteiger partial charge in [-0.1, -0.05) is 18.2 Å². The van der Waals surface area contributed by atoms with Crippen LogP contribution in [0.1, 0.15) is 42.9 Å². The molecule has 2 rings (SSSR count). The van der Waals surface area contributed by atoms with E-state index in [4.69, 9.17) is 4.74 Å². The van der Waals surface area contributed by atoms with E-state index in [0.29, 0.717) is 12.1 Å². The van der Waals surface area contributed by atoms with Crippen molar-refractivity contribution >= 4 is 0 Å². The molecule has 1 aromatic carbocycles. The summed E-state index contributed by atoms with van der Waals surface area (Å²) in [6.07, 6.45) is 5.43. The first kappa shape index (κ1) is 15.5. The molecule has 0 spiro atoms. The van der Waals surface area contributed by atoms with Crippen molar-refractivity contribution in [3.05, 3.63) is 34.9 Å². The Kier molecular flexibility index (Phi) is 5.62. The van der Waals surface area contributed by atoms with Gasteiger partial charge in [0.25, 0.3) is 0 Å². The lowest BCUT2D eigenvalue weighted by Crippen LogP contribution is -2.38. The molecule has 1 aliphatic rings. The maximum atomic E-state index is 5.65. The third-order valence-corrected chi connectivity index (χ3v) is 4.67. The number of likely N-dealkylation sites (N-methyl/N-ethyl adjacent to an activating group) is 1. The van der Waals surface area contributed by atoms with Crippen molar-refractivity contribution in [2.75, 3.05) is 13.7 Å². The minimum atomic E-state index is 0.532. The number of rotatable bonds is 7. The van der Waals surface area contributed by atoms with Gasteiger partial charge < -0.3 is 10.1 Å². The van der Waals surface area contributed by atoms with Gasteiger partial charge in [-0.3, -0.25) is 0 Å². The van der Waals surface area contributed by atoms with E-state index >= 15 is 0 Å². The molecule has 1 aromatic rings. The summed E-state index contributed by atoms with van der Waals surface area (Å²) in [5.41, 5.74) is 4.24. The average molecular weight is 275 g/mol. The van der Waals surface area contributed by atoms with Crippen LogP contribution in [0.2, 0.25) is 0 Å². The van der Waals surface area contributed by atoms with Gasteiger partial charge in [-0.2, -0.15) is 0 Å². The summed E-state index contributed by atoms with van der Waals surface area (Å²) in [7, 11) is 2.09. The maximum absolute atomic E-state index is 5.65. The van der Waals surface area contributed by atoms with Crippen LogP contribution in [0.25, 0.3) is 0 Å². The Labute approximate surface area is 123 Å². The molecule has 0 radical (unpaired) electrons. The fraction of sp³-hybridized carbons (Fsp3) is 0.667. The minimum Gasteiger partial charge on any atom is -0.378 e. The van der Waals surface area contributed by atoms with Crippen LogP contribution in [0.4, 0.5) is 0 Å². The molecule has 1 saturated carbocycles. The van der Waals surface area contributed by atoms with Crippen LogP contribution >= 0.6 is 0 Å². The summed E-state index contributed by atoms with van der Waals surface area (Å²) in [5, 5.41) is 3.49. The van der Waals surface area contributed by atoms with Gasteiger partial charge in [-0.05, 0) is 76.1 Å². The molecule has 1 unspecified atom stereocenters. The molecular formula is C18H29NO. The Morgan fingerprint density at radius 1 is 1.25 bits per heavy atom. The van der Waals surface area contributed by atoms with Gasteiger partial charge in [0.2, 0.25) is 0 Å². The van der Waals surface area contributed by atoms with Crippen LogP contribution in [-0.2, 0) is 11.2 Å². The van der Waals surface area contributed by atoms with Crippen LogP contribution in [-0.4, -0.2) is 25.8 Å². The Morgan fingerprint density at radius 2 is 2.00 bits per heavy atom. The second-order valence-electron chi connectivity index (χ2n) is 6.26. The first-order valence-electron chi connectivity index (χ1n) is 7.97. The lowest BCUT2D eigenvalue weighted by atomic mass is 9.77. The highest BCUT2D eigenvalue weighted by molar-refractivity contribution is 5.30. The highest BCUT2D eigenvalue weighted by Crippen LogP contribution is 2.34. The number of benzene rings is 1. The van der Waals surface area contributed by atoms with Crippen LogP contribution in [0.3, 0.4) is 0 Å². The smallest absolute Gasteiger partial charge is 0.0580 e. The number of aryl methyl sites for hydroxylation is 2. The third-order valence-electron chi connectivity index (χ3n) is 4.67. The lowest BCUT2D eigenvalue weighted by Gasteiger charge is -2.37. The Bertz CT molecular complexity index is 423. The molecule has 1 atom stereocenters. The quantitative estimate of drug-likeness (QED) is 0.820. The van der Waals surface area contributed by atoms with Crippen LogP contribution in [0.5, 0.6) is 0 Å². The molecule has 1 fully saturated rings. The minimum absolute atomic E-state index is 0.532. The maximum Gasteiger partial charge on any atom is 0.0580 e. The topological polar surface area (TPSA) is 21.3 Å². The first-order valence-corrected chi connectivity index (χ1v) is 7.97. The van der Waals surface area contributed by atoms with Gasteiger partial charge in [0.15, 0.2) is 0 Å². The molecule has 20 heavy (non-hydrogen) atoms. The first-order chi connectivity index (χ1) is 9.62. The van der Waals surface area contributed by atoms with Crippen molar-refractivity contribution in [3.8, 4) is 0 Å². The van der Waals surface area contributed by atoms with E-state index in [9.17, 15) is 0 Å². The average Bonchev–Trinajstić information content (AvgIpc) is 2.39.